The molecule has 1 aliphatic heterocycles. The van der Waals surface area contributed by atoms with Crippen molar-refractivity contribution in [3.63, 3.8) is 0 Å². The van der Waals surface area contributed by atoms with Gasteiger partial charge in [-0.05, 0) is 37.1 Å². The van der Waals surface area contributed by atoms with E-state index in [4.69, 9.17) is 4.98 Å². The molecule has 0 saturated heterocycles. The van der Waals surface area contributed by atoms with Gasteiger partial charge in [-0.2, -0.15) is 0 Å². The molecule has 3 aromatic rings. The van der Waals surface area contributed by atoms with E-state index < -0.39 is 0 Å². The number of carbonyl (C=O) groups is 2. The monoisotopic (exact) mass is 405 g/mol. The van der Waals surface area contributed by atoms with Crippen LogP contribution >= 0.6 is 11.8 Å². The smallest absolute Gasteiger partial charge is 0.262 e. The van der Waals surface area contributed by atoms with E-state index in [0.717, 1.165) is 25.7 Å². The molecule has 1 aromatic heterocycles. The third-order valence-corrected chi connectivity index (χ3v) is 6.60. The maximum atomic E-state index is 13.2. The van der Waals surface area contributed by atoms with E-state index in [1.807, 2.05) is 18.2 Å². The zero-order valence-electron chi connectivity index (χ0n) is 15.7. The number of benzene rings is 2. The maximum Gasteiger partial charge on any atom is 0.262 e. The zero-order chi connectivity index (χ0) is 20.0. The number of carbonyl (C=O) groups excluding carboxylic acids is 2. The molecule has 6 nitrogen and oxygen atoms in total. The Balaban J connectivity index is 1.51. The van der Waals surface area contributed by atoms with Gasteiger partial charge in [-0.25, -0.2) is 4.98 Å². The number of rotatable bonds is 4. The fourth-order valence-electron chi connectivity index (χ4n) is 4.19. The highest BCUT2D eigenvalue weighted by molar-refractivity contribution is 7.99. The van der Waals surface area contributed by atoms with E-state index in [9.17, 15) is 14.4 Å². The molecule has 29 heavy (non-hydrogen) atoms. The molecular weight excluding hydrogens is 386 g/mol. The summed E-state index contributed by atoms with van der Waals surface area (Å²) in [6.07, 6.45) is 4.07. The number of amides is 2. The minimum absolute atomic E-state index is 0.0487. The Morgan fingerprint density at radius 3 is 2.21 bits per heavy atom. The van der Waals surface area contributed by atoms with Gasteiger partial charge in [0.15, 0.2) is 5.16 Å². The van der Waals surface area contributed by atoms with Crippen LogP contribution < -0.4 is 5.56 Å². The van der Waals surface area contributed by atoms with Crippen LogP contribution in [-0.4, -0.2) is 32.1 Å². The summed E-state index contributed by atoms with van der Waals surface area (Å²) in [4.78, 5) is 44.5. The lowest BCUT2D eigenvalue weighted by Gasteiger charge is -2.20. The average Bonchev–Trinajstić information content (AvgIpc) is 3.35. The van der Waals surface area contributed by atoms with Gasteiger partial charge < -0.3 is 0 Å². The van der Waals surface area contributed by atoms with E-state index in [1.165, 1.54) is 16.7 Å². The number of nitrogens with zero attached hydrogens (tertiary/aromatic N) is 3. The van der Waals surface area contributed by atoms with Crippen LogP contribution in [0.3, 0.4) is 0 Å². The molecule has 2 aromatic carbocycles. The van der Waals surface area contributed by atoms with Crippen molar-refractivity contribution in [3.05, 3.63) is 70.0 Å². The minimum atomic E-state index is -0.298. The Morgan fingerprint density at radius 1 is 0.897 bits per heavy atom. The fraction of sp³-hybridized carbons (Fsp3) is 0.273. The Morgan fingerprint density at radius 2 is 1.52 bits per heavy atom. The van der Waals surface area contributed by atoms with E-state index >= 15 is 0 Å². The maximum absolute atomic E-state index is 13.2. The molecule has 0 radical (unpaired) electrons. The van der Waals surface area contributed by atoms with Gasteiger partial charge in [-0.1, -0.05) is 48.9 Å². The average molecular weight is 405 g/mol. The molecule has 1 aliphatic carbocycles. The van der Waals surface area contributed by atoms with Gasteiger partial charge >= 0.3 is 0 Å². The van der Waals surface area contributed by atoms with Crippen LogP contribution in [0, 0.1) is 0 Å². The van der Waals surface area contributed by atoms with Crippen molar-refractivity contribution < 1.29 is 9.59 Å². The lowest BCUT2D eigenvalue weighted by molar-refractivity contribution is 0.0684. The summed E-state index contributed by atoms with van der Waals surface area (Å²) in [6.45, 7) is 0. The molecule has 2 aliphatic rings. The number of hydrogen-bond acceptors (Lipinski definition) is 5. The predicted molar refractivity (Wildman–Crippen MR) is 111 cm³/mol. The highest BCUT2D eigenvalue weighted by Crippen LogP contribution is 2.33. The molecule has 0 atom stereocenters. The molecule has 7 heteroatoms. The Hall–Kier alpha value is -2.93. The van der Waals surface area contributed by atoms with Gasteiger partial charge in [0.25, 0.3) is 17.4 Å². The van der Waals surface area contributed by atoms with Crippen LogP contribution in [0.1, 0.15) is 52.4 Å². The fourth-order valence-corrected chi connectivity index (χ4v) is 5.20. The largest absolute Gasteiger partial charge is 0.284 e. The highest BCUT2D eigenvalue weighted by atomic mass is 32.2. The standard InChI is InChI=1S/C22H19N3O3S/c26-19-15-9-3-4-10-16(15)20(27)24(19)13-29-22-23-18-12-6-5-11-17(18)21(28)25(22)14-7-1-2-8-14/h3-6,9-12,14H,1-2,7-8,13H2. The zero-order valence-corrected chi connectivity index (χ0v) is 16.5. The van der Waals surface area contributed by atoms with Crippen molar-refractivity contribution in [3.8, 4) is 0 Å². The lowest BCUT2D eigenvalue weighted by Crippen LogP contribution is -2.31. The third kappa shape index (κ3) is 2.97. The van der Waals surface area contributed by atoms with Crippen LogP contribution in [0.15, 0.2) is 58.5 Å². The molecular formula is C22H19N3O3S. The third-order valence-electron chi connectivity index (χ3n) is 5.67. The summed E-state index contributed by atoms with van der Waals surface area (Å²) in [5.41, 5.74) is 1.44. The molecule has 0 bridgehead atoms. The first-order valence-corrected chi connectivity index (χ1v) is 10.7. The molecule has 5 rings (SSSR count). The summed E-state index contributed by atoms with van der Waals surface area (Å²) in [5.74, 6) is -0.466. The first-order valence-electron chi connectivity index (χ1n) is 9.74. The summed E-state index contributed by atoms with van der Waals surface area (Å²) in [6, 6.07) is 14.3. The van der Waals surface area contributed by atoms with Gasteiger partial charge in [0.1, 0.15) is 0 Å². The lowest BCUT2D eigenvalue weighted by atomic mass is 10.1. The molecule has 0 unspecified atom stereocenters. The molecule has 0 N–H and O–H groups in total. The van der Waals surface area contributed by atoms with Gasteiger partial charge in [-0.15, -0.1) is 0 Å². The second kappa shape index (κ2) is 7.15. The number of imide groups is 1. The Labute approximate surface area is 171 Å². The summed E-state index contributed by atoms with van der Waals surface area (Å²) < 4.78 is 1.78. The Kier molecular flexibility index (Phi) is 4.47. The first-order chi connectivity index (χ1) is 14.1. The van der Waals surface area contributed by atoms with E-state index in [0.29, 0.717) is 27.2 Å². The molecule has 1 saturated carbocycles. The SMILES string of the molecule is O=C1c2ccccc2C(=O)N1CSc1nc2ccccc2c(=O)n1C1CCCC1. The van der Waals surface area contributed by atoms with Crippen LogP contribution in [0.25, 0.3) is 10.9 Å². The first kappa shape index (κ1) is 18.1. The van der Waals surface area contributed by atoms with Crippen LogP contribution in [0.2, 0.25) is 0 Å². The van der Waals surface area contributed by atoms with Gasteiger partial charge in [0, 0.05) is 6.04 Å². The molecule has 146 valence electrons. The van der Waals surface area contributed by atoms with Crippen molar-refractivity contribution in [1.29, 1.82) is 0 Å². The minimum Gasteiger partial charge on any atom is -0.284 e. The van der Waals surface area contributed by atoms with Crippen molar-refractivity contribution in [2.24, 2.45) is 0 Å². The van der Waals surface area contributed by atoms with E-state index in [2.05, 4.69) is 0 Å². The highest BCUT2D eigenvalue weighted by Gasteiger charge is 2.35. The number of para-hydroxylation sites is 1. The number of aromatic nitrogens is 2. The molecule has 2 amide bonds. The number of hydrogen-bond donors (Lipinski definition) is 0. The number of fused-ring (bicyclic) bond motifs is 2. The topological polar surface area (TPSA) is 72.3 Å². The normalized spacial score (nSPS) is 16.8. The van der Waals surface area contributed by atoms with E-state index in [1.54, 1.807) is 34.9 Å². The number of thioether (sulfide) groups is 1. The summed E-state index contributed by atoms with van der Waals surface area (Å²) >= 11 is 1.27. The van der Waals surface area contributed by atoms with Crippen molar-refractivity contribution >= 4 is 34.5 Å². The van der Waals surface area contributed by atoms with Crippen LogP contribution in [0.5, 0.6) is 0 Å². The predicted octanol–water partition coefficient (Wildman–Crippen LogP) is 3.86. The summed E-state index contributed by atoms with van der Waals surface area (Å²) in [5, 5.41) is 1.17. The second-order valence-corrected chi connectivity index (χ2v) is 8.29. The molecule has 1 fully saturated rings. The van der Waals surface area contributed by atoms with Crippen molar-refractivity contribution in [2.75, 3.05) is 5.88 Å². The van der Waals surface area contributed by atoms with Gasteiger partial charge in [-0.3, -0.25) is 23.9 Å². The van der Waals surface area contributed by atoms with Crippen molar-refractivity contribution in [2.45, 2.75) is 36.9 Å². The molecule has 0 spiro atoms. The molecule has 2 heterocycles. The quantitative estimate of drug-likeness (QED) is 0.374. The van der Waals surface area contributed by atoms with E-state index in [-0.39, 0.29) is 29.3 Å². The van der Waals surface area contributed by atoms with Crippen LogP contribution in [-0.2, 0) is 0 Å². The second-order valence-electron chi connectivity index (χ2n) is 7.38. The van der Waals surface area contributed by atoms with Gasteiger partial charge in [0.2, 0.25) is 0 Å². The summed E-state index contributed by atoms with van der Waals surface area (Å²) in [7, 11) is 0. The van der Waals surface area contributed by atoms with Crippen molar-refractivity contribution in [1.82, 2.24) is 14.5 Å². The Bertz CT molecular complexity index is 1160. The van der Waals surface area contributed by atoms with Crippen LogP contribution in [0.4, 0.5) is 0 Å². The van der Waals surface area contributed by atoms with Gasteiger partial charge in [0.05, 0.1) is 27.9 Å².